The van der Waals surface area contributed by atoms with Gasteiger partial charge >= 0.3 is 5.97 Å². The van der Waals surface area contributed by atoms with Crippen LogP contribution in [0.1, 0.15) is 25.3 Å². The fourth-order valence-corrected chi connectivity index (χ4v) is 2.98. The molecule has 1 atom stereocenters. The lowest BCUT2D eigenvalue weighted by Gasteiger charge is -2.31. The van der Waals surface area contributed by atoms with Crippen LogP contribution in [0.3, 0.4) is 0 Å². The van der Waals surface area contributed by atoms with Gasteiger partial charge in [0.15, 0.2) is 6.04 Å². The van der Waals surface area contributed by atoms with Gasteiger partial charge in [0.05, 0.1) is 26.1 Å². The molecule has 22 heavy (non-hydrogen) atoms. The molecule has 1 heterocycles. The van der Waals surface area contributed by atoms with Crippen LogP contribution in [0.15, 0.2) is 24.3 Å². The van der Waals surface area contributed by atoms with E-state index >= 15 is 0 Å². The summed E-state index contributed by atoms with van der Waals surface area (Å²) in [6.45, 7) is 5.59. The van der Waals surface area contributed by atoms with E-state index in [0.717, 1.165) is 37.2 Å². The van der Waals surface area contributed by atoms with Crippen molar-refractivity contribution >= 4 is 17.6 Å². The molecule has 5 heteroatoms. The van der Waals surface area contributed by atoms with Crippen LogP contribution in [0.2, 0.25) is 0 Å². The van der Waals surface area contributed by atoms with Gasteiger partial charge < -0.3 is 15.0 Å². The molecule has 2 rings (SSSR count). The van der Waals surface area contributed by atoms with E-state index in [0.29, 0.717) is 0 Å². The van der Waals surface area contributed by atoms with Crippen molar-refractivity contribution in [3.05, 3.63) is 29.8 Å². The summed E-state index contributed by atoms with van der Waals surface area (Å²) in [6, 6.07) is 7.67. The highest BCUT2D eigenvalue weighted by molar-refractivity contribution is 5.93. The Morgan fingerprint density at radius 2 is 2.00 bits per heavy atom. The number of methoxy groups -OCH3 is 1. The molecule has 1 aromatic rings. The number of esters is 1. The Morgan fingerprint density at radius 3 is 2.59 bits per heavy atom. The second-order valence-electron chi connectivity index (χ2n) is 6.04. The third-order valence-corrected chi connectivity index (χ3v) is 4.45. The number of quaternary nitrogens is 1. The summed E-state index contributed by atoms with van der Waals surface area (Å²) in [6.07, 6.45) is 1.56. The van der Waals surface area contributed by atoms with Crippen molar-refractivity contribution in [1.82, 2.24) is 0 Å². The highest BCUT2D eigenvalue weighted by Crippen LogP contribution is 2.12. The maximum Gasteiger partial charge on any atom is 0.309 e. The molecule has 1 aliphatic heterocycles. The number of carbonyl (C=O) groups is 2. The quantitative estimate of drug-likeness (QED) is 0.809. The van der Waals surface area contributed by atoms with E-state index in [-0.39, 0.29) is 23.8 Å². The maximum absolute atomic E-state index is 12.4. The summed E-state index contributed by atoms with van der Waals surface area (Å²) < 4.78 is 4.80. The van der Waals surface area contributed by atoms with Crippen molar-refractivity contribution in [1.29, 1.82) is 0 Å². The van der Waals surface area contributed by atoms with Crippen LogP contribution in [-0.2, 0) is 14.3 Å². The zero-order valence-corrected chi connectivity index (χ0v) is 13.5. The SMILES string of the molecule is COC(=O)C1CC[NH+]([C@H](C)C(=O)Nc2cccc(C)c2)CC1. The molecule has 1 amide bonds. The van der Waals surface area contributed by atoms with Gasteiger partial charge in [-0.05, 0) is 31.5 Å². The van der Waals surface area contributed by atoms with Crippen LogP contribution >= 0.6 is 0 Å². The number of nitrogens with one attached hydrogen (secondary N) is 2. The zero-order valence-electron chi connectivity index (χ0n) is 13.5. The predicted octanol–water partition coefficient (Wildman–Crippen LogP) is 0.790. The number of likely N-dealkylation sites (tertiary alicyclic amines) is 1. The van der Waals surface area contributed by atoms with Crippen molar-refractivity contribution in [3.8, 4) is 0 Å². The van der Waals surface area contributed by atoms with Crippen molar-refractivity contribution in [2.45, 2.75) is 32.7 Å². The van der Waals surface area contributed by atoms with E-state index in [2.05, 4.69) is 5.32 Å². The Bertz CT molecular complexity index is 536. The largest absolute Gasteiger partial charge is 0.469 e. The second-order valence-corrected chi connectivity index (χ2v) is 6.04. The van der Waals surface area contributed by atoms with Gasteiger partial charge in [-0.25, -0.2) is 0 Å². The van der Waals surface area contributed by atoms with Gasteiger partial charge in [-0.1, -0.05) is 12.1 Å². The lowest BCUT2D eigenvalue weighted by Crippen LogP contribution is -3.17. The first-order valence-electron chi connectivity index (χ1n) is 7.81. The van der Waals surface area contributed by atoms with Crippen molar-refractivity contribution < 1.29 is 19.2 Å². The smallest absolute Gasteiger partial charge is 0.309 e. The Hall–Kier alpha value is -1.88. The summed E-state index contributed by atoms with van der Waals surface area (Å²) in [7, 11) is 1.43. The Labute approximate surface area is 131 Å². The van der Waals surface area contributed by atoms with Crippen LogP contribution in [0, 0.1) is 12.8 Å². The average Bonchev–Trinajstić information content (AvgIpc) is 2.53. The fourth-order valence-electron chi connectivity index (χ4n) is 2.98. The van der Waals surface area contributed by atoms with E-state index in [4.69, 9.17) is 4.74 Å². The molecule has 0 unspecified atom stereocenters. The molecule has 0 radical (unpaired) electrons. The third kappa shape index (κ3) is 4.07. The third-order valence-electron chi connectivity index (χ3n) is 4.45. The molecule has 0 aliphatic carbocycles. The molecule has 1 aliphatic rings. The minimum atomic E-state index is -0.129. The molecule has 1 saturated heterocycles. The number of benzene rings is 1. The number of anilines is 1. The number of carbonyl (C=O) groups excluding carboxylic acids is 2. The van der Waals surface area contributed by atoms with Crippen LogP contribution in [0.4, 0.5) is 5.69 Å². The van der Waals surface area contributed by atoms with Crippen LogP contribution in [-0.4, -0.2) is 38.1 Å². The molecular formula is C17H25N2O3+. The fraction of sp³-hybridized carbons (Fsp3) is 0.529. The monoisotopic (exact) mass is 305 g/mol. The average molecular weight is 305 g/mol. The highest BCUT2D eigenvalue weighted by atomic mass is 16.5. The molecule has 1 fully saturated rings. The lowest BCUT2D eigenvalue weighted by molar-refractivity contribution is -0.919. The summed E-state index contributed by atoms with van der Waals surface area (Å²) in [4.78, 5) is 25.1. The molecule has 1 aromatic carbocycles. The first kappa shape index (κ1) is 16.5. The molecule has 2 N–H and O–H groups in total. The zero-order chi connectivity index (χ0) is 16.1. The van der Waals surface area contributed by atoms with E-state index in [1.165, 1.54) is 12.0 Å². The van der Waals surface area contributed by atoms with Gasteiger partial charge in [0.1, 0.15) is 0 Å². The van der Waals surface area contributed by atoms with Crippen LogP contribution in [0.25, 0.3) is 0 Å². The number of hydrogen-bond acceptors (Lipinski definition) is 3. The maximum atomic E-state index is 12.4. The second kappa shape index (κ2) is 7.40. The summed E-state index contributed by atoms with van der Waals surface area (Å²) in [5, 5.41) is 2.97. The first-order valence-corrected chi connectivity index (χ1v) is 7.81. The van der Waals surface area contributed by atoms with E-state index in [9.17, 15) is 9.59 Å². The number of rotatable bonds is 4. The van der Waals surface area contributed by atoms with Gasteiger partial charge in [-0.2, -0.15) is 0 Å². The lowest BCUT2D eigenvalue weighted by atomic mass is 9.96. The first-order chi connectivity index (χ1) is 10.5. The highest BCUT2D eigenvalue weighted by Gasteiger charge is 2.33. The number of piperidine rings is 1. The van der Waals surface area contributed by atoms with E-state index in [1.807, 2.05) is 38.1 Å². The molecule has 0 saturated carbocycles. The molecule has 0 aromatic heterocycles. The van der Waals surface area contributed by atoms with Gasteiger partial charge in [0, 0.05) is 18.5 Å². The summed E-state index contributed by atoms with van der Waals surface area (Å²) >= 11 is 0. The minimum absolute atomic E-state index is 0.0132. The topological polar surface area (TPSA) is 59.8 Å². The predicted molar refractivity (Wildman–Crippen MR) is 84.7 cm³/mol. The Balaban J connectivity index is 1.88. The summed E-state index contributed by atoms with van der Waals surface area (Å²) in [5.74, 6) is -0.117. The Kier molecular flexibility index (Phi) is 5.55. The molecule has 120 valence electrons. The van der Waals surface area contributed by atoms with Crippen molar-refractivity contribution in [2.75, 3.05) is 25.5 Å². The molecular weight excluding hydrogens is 280 g/mol. The number of hydrogen-bond donors (Lipinski definition) is 2. The minimum Gasteiger partial charge on any atom is -0.469 e. The van der Waals surface area contributed by atoms with Crippen molar-refractivity contribution in [3.63, 3.8) is 0 Å². The normalized spacial score (nSPS) is 22.7. The van der Waals surface area contributed by atoms with E-state index in [1.54, 1.807) is 0 Å². The number of aryl methyl sites for hydroxylation is 1. The van der Waals surface area contributed by atoms with Crippen LogP contribution < -0.4 is 10.2 Å². The summed E-state index contributed by atoms with van der Waals surface area (Å²) in [5.41, 5.74) is 1.96. The number of ether oxygens (including phenoxy) is 1. The van der Waals surface area contributed by atoms with Gasteiger partial charge in [-0.15, -0.1) is 0 Å². The van der Waals surface area contributed by atoms with Gasteiger partial charge in [0.2, 0.25) is 0 Å². The standard InChI is InChI=1S/C17H24N2O3/c1-12-5-4-6-15(11-12)18-16(20)13(2)19-9-7-14(8-10-19)17(21)22-3/h4-6,11,13-14H,7-10H2,1-3H3,(H,18,20)/p+1/t13-/m1/s1. The number of amides is 1. The Morgan fingerprint density at radius 1 is 1.32 bits per heavy atom. The molecule has 0 bridgehead atoms. The molecule has 0 spiro atoms. The van der Waals surface area contributed by atoms with Crippen molar-refractivity contribution in [2.24, 2.45) is 5.92 Å². The van der Waals surface area contributed by atoms with Crippen LogP contribution in [0.5, 0.6) is 0 Å². The molecule has 5 nitrogen and oxygen atoms in total. The van der Waals surface area contributed by atoms with Gasteiger partial charge in [-0.3, -0.25) is 9.59 Å². The van der Waals surface area contributed by atoms with E-state index < -0.39 is 0 Å². The van der Waals surface area contributed by atoms with Gasteiger partial charge in [0.25, 0.3) is 5.91 Å².